The summed E-state index contributed by atoms with van der Waals surface area (Å²) in [4.78, 5) is 28.6. The SMILES string of the molecule is Cc1ccc(C(=O)N2CCC3(CC2)c2ccc(C(=O)C(F)(F)F)n2CCN3C)cc1O. The van der Waals surface area contributed by atoms with Gasteiger partial charge >= 0.3 is 6.18 Å². The van der Waals surface area contributed by atoms with Gasteiger partial charge in [0, 0.05) is 37.4 Å². The third-order valence-corrected chi connectivity index (χ3v) is 6.67. The summed E-state index contributed by atoms with van der Waals surface area (Å²) in [6.07, 6.45) is -3.84. The molecule has 1 amide bonds. The van der Waals surface area contributed by atoms with Crippen LogP contribution in [-0.2, 0) is 12.1 Å². The number of rotatable bonds is 2. The highest BCUT2D eigenvalue weighted by Gasteiger charge is 2.47. The molecule has 2 aliphatic heterocycles. The third kappa shape index (κ3) is 3.50. The average molecular weight is 435 g/mol. The number of carbonyl (C=O) groups is 2. The quantitative estimate of drug-likeness (QED) is 0.735. The van der Waals surface area contributed by atoms with Gasteiger partial charge < -0.3 is 14.6 Å². The first kappa shape index (κ1) is 21.4. The number of benzene rings is 1. The van der Waals surface area contributed by atoms with Gasteiger partial charge in [-0.05, 0) is 56.6 Å². The van der Waals surface area contributed by atoms with Crippen molar-refractivity contribution in [3.63, 3.8) is 0 Å². The van der Waals surface area contributed by atoms with Crippen molar-refractivity contribution in [3.05, 3.63) is 52.8 Å². The average Bonchev–Trinajstić information content (AvgIpc) is 3.16. The van der Waals surface area contributed by atoms with Crippen molar-refractivity contribution < 1.29 is 27.9 Å². The number of phenols is 1. The maximum absolute atomic E-state index is 13.0. The van der Waals surface area contributed by atoms with Crippen LogP contribution >= 0.6 is 0 Å². The molecule has 1 aromatic carbocycles. The minimum absolute atomic E-state index is 0.0611. The van der Waals surface area contributed by atoms with Crippen LogP contribution in [0.4, 0.5) is 13.2 Å². The van der Waals surface area contributed by atoms with Crippen LogP contribution in [0.2, 0.25) is 0 Å². The summed E-state index contributed by atoms with van der Waals surface area (Å²) in [6, 6.07) is 7.70. The number of phenolic OH excluding ortho intramolecular Hbond substituents is 1. The van der Waals surface area contributed by atoms with Crippen LogP contribution < -0.4 is 0 Å². The second-order valence-corrected chi connectivity index (χ2v) is 8.33. The Bertz CT molecular complexity index is 1040. The second-order valence-electron chi connectivity index (χ2n) is 8.33. The molecule has 0 unspecified atom stereocenters. The van der Waals surface area contributed by atoms with E-state index in [0.717, 1.165) is 0 Å². The van der Waals surface area contributed by atoms with Crippen LogP contribution in [0.3, 0.4) is 0 Å². The first-order chi connectivity index (χ1) is 14.5. The molecule has 166 valence electrons. The zero-order valence-electron chi connectivity index (χ0n) is 17.4. The Balaban J connectivity index is 1.58. The van der Waals surface area contributed by atoms with E-state index in [-0.39, 0.29) is 17.4 Å². The zero-order chi connectivity index (χ0) is 22.6. The number of hydrogen-bond acceptors (Lipinski definition) is 4. The summed E-state index contributed by atoms with van der Waals surface area (Å²) >= 11 is 0. The number of aromatic nitrogens is 1. The van der Waals surface area contributed by atoms with Crippen LogP contribution in [0, 0.1) is 6.92 Å². The Morgan fingerprint density at radius 1 is 1.03 bits per heavy atom. The molecular formula is C22H24F3N3O3. The number of ketones is 1. The number of alkyl halides is 3. The van der Waals surface area contributed by atoms with E-state index in [1.807, 2.05) is 7.05 Å². The number of hydrogen-bond donors (Lipinski definition) is 1. The van der Waals surface area contributed by atoms with Crippen molar-refractivity contribution in [2.24, 2.45) is 0 Å². The number of Topliss-reactive ketones (excluding diaryl/α,β-unsaturated/α-hetero) is 1. The molecule has 0 radical (unpaired) electrons. The highest BCUT2D eigenvalue weighted by atomic mass is 19.4. The summed E-state index contributed by atoms with van der Waals surface area (Å²) in [6.45, 7) is 3.42. The van der Waals surface area contributed by atoms with Gasteiger partial charge in [-0.25, -0.2) is 0 Å². The van der Waals surface area contributed by atoms with Gasteiger partial charge in [0.05, 0.1) is 11.2 Å². The van der Waals surface area contributed by atoms with Gasteiger partial charge in [0.25, 0.3) is 11.7 Å². The number of fused-ring (bicyclic) bond motifs is 2. The summed E-state index contributed by atoms with van der Waals surface area (Å²) in [5, 5.41) is 9.91. The molecule has 1 fully saturated rings. The number of aryl methyl sites for hydroxylation is 1. The number of aromatic hydroxyl groups is 1. The van der Waals surface area contributed by atoms with Gasteiger partial charge in [-0.1, -0.05) is 6.07 Å². The number of carbonyl (C=O) groups excluding carboxylic acids is 2. The predicted molar refractivity (Wildman–Crippen MR) is 107 cm³/mol. The molecular weight excluding hydrogens is 411 g/mol. The number of piperidine rings is 1. The summed E-state index contributed by atoms with van der Waals surface area (Å²) in [7, 11) is 1.93. The highest BCUT2D eigenvalue weighted by Crippen LogP contribution is 2.42. The molecule has 0 saturated carbocycles. The summed E-state index contributed by atoms with van der Waals surface area (Å²) in [5.74, 6) is -1.96. The third-order valence-electron chi connectivity index (χ3n) is 6.67. The zero-order valence-corrected chi connectivity index (χ0v) is 17.4. The molecule has 31 heavy (non-hydrogen) atoms. The Morgan fingerprint density at radius 2 is 1.71 bits per heavy atom. The standard InChI is InChI=1S/C22H24F3N3O3/c1-14-3-4-15(13-17(14)29)20(31)27-9-7-21(8-10-27)18-6-5-16(19(30)22(23,24)25)28(18)12-11-26(21)2/h3-6,13,29H,7-12H2,1-2H3. The fourth-order valence-electron chi connectivity index (χ4n) is 4.76. The summed E-state index contributed by atoms with van der Waals surface area (Å²) < 4.78 is 40.5. The minimum atomic E-state index is -4.92. The smallest absolute Gasteiger partial charge is 0.456 e. The number of amides is 1. The summed E-state index contributed by atoms with van der Waals surface area (Å²) in [5.41, 5.74) is 0.909. The van der Waals surface area contributed by atoms with Gasteiger partial charge in [0.2, 0.25) is 0 Å². The van der Waals surface area contributed by atoms with Gasteiger partial charge in [-0.15, -0.1) is 0 Å². The molecule has 0 aliphatic carbocycles. The number of likely N-dealkylation sites (N-methyl/N-ethyl adjacent to an activating group) is 1. The van der Waals surface area contributed by atoms with Crippen molar-refractivity contribution in [3.8, 4) is 5.75 Å². The highest BCUT2D eigenvalue weighted by molar-refractivity contribution is 5.99. The first-order valence-corrected chi connectivity index (χ1v) is 10.2. The van der Waals surface area contributed by atoms with Crippen molar-refractivity contribution >= 4 is 11.7 Å². The van der Waals surface area contributed by atoms with E-state index in [0.29, 0.717) is 55.8 Å². The maximum atomic E-state index is 13.0. The molecule has 0 bridgehead atoms. The van der Waals surface area contributed by atoms with Gasteiger partial charge in [0.1, 0.15) is 5.75 Å². The molecule has 3 heterocycles. The van der Waals surface area contributed by atoms with Crippen molar-refractivity contribution in [2.45, 2.75) is 38.0 Å². The van der Waals surface area contributed by atoms with Crippen molar-refractivity contribution in [1.29, 1.82) is 0 Å². The van der Waals surface area contributed by atoms with E-state index in [9.17, 15) is 27.9 Å². The molecule has 0 atom stereocenters. The van der Waals surface area contributed by atoms with E-state index < -0.39 is 17.5 Å². The van der Waals surface area contributed by atoms with Crippen LogP contribution in [0.15, 0.2) is 30.3 Å². The van der Waals surface area contributed by atoms with Gasteiger partial charge in [-0.3, -0.25) is 14.5 Å². The largest absolute Gasteiger partial charge is 0.508 e. The molecule has 1 N–H and O–H groups in total. The predicted octanol–water partition coefficient (Wildman–Crippen LogP) is 3.32. The lowest BCUT2D eigenvalue weighted by Crippen LogP contribution is -2.56. The lowest BCUT2D eigenvalue weighted by atomic mass is 9.81. The van der Waals surface area contributed by atoms with Crippen LogP contribution in [-0.4, -0.2) is 64.0 Å². The maximum Gasteiger partial charge on any atom is 0.456 e. The Labute approximate surface area is 177 Å². The number of halogens is 3. The monoisotopic (exact) mass is 435 g/mol. The molecule has 1 spiro atoms. The van der Waals surface area contributed by atoms with Crippen LogP contribution in [0.5, 0.6) is 5.75 Å². The fraction of sp³-hybridized carbons (Fsp3) is 0.455. The topological polar surface area (TPSA) is 65.8 Å². The van der Waals surface area contributed by atoms with E-state index in [1.54, 1.807) is 30.0 Å². The Morgan fingerprint density at radius 3 is 2.32 bits per heavy atom. The van der Waals surface area contributed by atoms with E-state index in [4.69, 9.17) is 0 Å². The Kier molecular flexibility index (Phi) is 5.12. The lowest BCUT2D eigenvalue weighted by Gasteiger charge is -2.50. The minimum Gasteiger partial charge on any atom is -0.508 e. The van der Waals surface area contributed by atoms with Crippen molar-refractivity contribution in [2.75, 3.05) is 26.7 Å². The van der Waals surface area contributed by atoms with Gasteiger partial charge in [0.15, 0.2) is 0 Å². The Hall–Kier alpha value is -2.81. The molecule has 9 heteroatoms. The fourth-order valence-corrected chi connectivity index (χ4v) is 4.76. The molecule has 2 aromatic rings. The molecule has 6 nitrogen and oxygen atoms in total. The number of likely N-dealkylation sites (tertiary alicyclic amines) is 1. The molecule has 4 rings (SSSR count). The van der Waals surface area contributed by atoms with Crippen molar-refractivity contribution in [1.82, 2.24) is 14.4 Å². The van der Waals surface area contributed by atoms with Crippen LogP contribution in [0.25, 0.3) is 0 Å². The van der Waals surface area contributed by atoms with E-state index in [2.05, 4.69) is 4.90 Å². The van der Waals surface area contributed by atoms with Crippen LogP contribution in [0.1, 0.15) is 44.9 Å². The second kappa shape index (κ2) is 7.40. The normalized spacial score (nSPS) is 18.8. The molecule has 2 aliphatic rings. The molecule has 1 aromatic heterocycles. The first-order valence-electron chi connectivity index (χ1n) is 10.2. The number of nitrogens with zero attached hydrogens (tertiary/aromatic N) is 3. The lowest BCUT2D eigenvalue weighted by molar-refractivity contribution is -0.0892. The molecule has 1 saturated heterocycles. The van der Waals surface area contributed by atoms with E-state index in [1.165, 1.54) is 16.7 Å². The van der Waals surface area contributed by atoms with Gasteiger partial charge in [-0.2, -0.15) is 13.2 Å². The van der Waals surface area contributed by atoms with E-state index >= 15 is 0 Å².